The van der Waals surface area contributed by atoms with Crippen molar-refractivity contribution in [1.29, 1.82) is 0 Å². The Labute approximate surface area is 155 Å². The van der Waals surface area contributed by atoms with Gasteiger partial charge in [-0.2, -0.15) is 0 Å². The number of anilines is 1. The first-order valence-corrected chi connectivity index (χ1v) is 8.99. The summed E-state index contributed by atoms with van der Waals surface area (Å²) in [7, 11) is 0. The van der Waals surface area contributed by atoms with E-state index in [-0.39, 0.29) is 17.1 Å². The molecule has 1 aromatic carbocycles. The summed E-state index contributed by atoms with van der Waals surface area (Å²) in [6.45, 7) is -0.520. The van der Waals surface area contributed by atoms with Gasteiger partial charge in [-0.15, -0.1) is 22.7 Å². The Hall–Kier alpha value is -3.11. The van der Waals surface area contributed by atoms with E-state index in [0.717, 1.165) is 4.88 Å². The van der Waals surface area contributed by atoms with E-state index < -0.39 is 23.4 Å². The van der Waals surface area contributed by atoms with Crippen molar-refractivity contribution in [3.63, 3.8) is 0 Å². The fraction of sp³-hybridized carbons (Fsp3) is 0.0625. The van der Waals surface area contributed by atoms with E-state index in [2.05, 4.69) is 10.3 Å². The fourth-order valence-corrected chi connectivity index (χ4v) is 3.58. The van der Waals surface area contributed by atoms with Crippen molar-refractivity contribution < 1.29 is 19.2 Å². The zero-order valence-corrected chi connectivity index (χ0v) is 14.7. The molecule has 0 saturated heterocycles. The van der Waals surface area contributed by atoms with E-state index in [4.69, 9.17) is 4.74 Å². The second-order valence-electron chi connectivity index (χ2n) is 4.95. The number of aromatic nitrogens is 1. The van der Waals surface area contributed by atoms with Crippen LogP contribution < -0.4 is 5.32 Å². The predicted molar refractivity (Wildman–Crippen MR) is 97.4 cm³/mol. The molecule has 2 heterocycles. The summed E-state index contributed by atoms with van der Waals surface area (Å²) in [5, 5.41) is 17.3. The molecule has 0 fully saturated rings. The number of carbonyl (C=O) groups is 2. The second-order valence-corrected chi connectivity index (χ2v) is 6.75. The molecule has 0 aliphatic carbocycles. The smallest absolute Gasteiger partial charge is 0.358 e. The largest absolute Gasteiger partial charge is 0.451 e. The fourth-order valence-electron chi connectivity index (χ4n) is 1.98. The highest BCUT2D eigenvalue weighted by atomic mass is 32.1. The van der Waals surface area contributed by atoms with Crippen molar-refractivity contribution in [2.45, 2.75) is 0 Å². The van der Waals surface area contributed by atoms with Crippen LogP contribution in [0.25, 0.3) is 9.88 Å². The third-order valence-corrected chi connectivity index (χ3v) is 5.00. The first-order chi connectivity index (χ1) is 12.5. The number of rotatable bonds is 6. The molecule has 0 bridgehead atoms. The first kappa shape index (κ1) is 17.7. The summed E-state index contributed by atoms with van der Waals surface area (Å²) in [5.74, 6) is -1.31. The zero-order valence-electron chi connectivity index (χ0n) is 13.1. The summed E-state index contributed by atoms with van der Waals surface area (Å²) in [5.41, 5.74) is 0.221. The topological polar surface area (TPSA) is 111 Å². The molecule has 1 amide bonds. The molecular weight excluding hydrogens is 378 g/mol. The number of hydrogen-bond donors (Lipinski definition) is 1. The van der Waals surface area contributed by atoms with Gasteiger partial charge in [-0.3, -0.25) is 14.9 Å². The first-order valence-electron chi connectivity index (χ1n) is 7.24. The number of thiophene rings is 1. The Bertz CT molecular complexity index is 952. The minimum atomic E-state index is -0.710. The average molecular weight is 389 g/mol. The SMILES string of the molecule is O=C(COC(=O)c1csc(-c2cccs2)n1)Nc1cccc([N+](=O)[O-])c1. The summed E-state index contributed by atoms with van der Waals surface area (Å²) in [6, 6.07) is 9.25. The van der Waals surface area contributed by atoms with Gasteiger partial charge in [-0.25, -0.2) is 9.78 Å². The van der Waals surface area contributed by atoms with Crippen LogP contribution in [-0.4, -0.2) is 28.4 Å². The number of ether oxygens (including phenoxy) is 1. The van der Waals surface area contributed by atoms with Gasteiger partial charge in [0.2, 0.25) is 0 Å². The molecule has 0 aliphatic rings. The zero-order chi connectivity index (χ0) is 18.5. The third kappa shape index (κ3) is 4.29. The standard InChI is InChI=1S/C16H11N3O5S2/c20-14(17-10-3-1-4-11(7-10)19(22)23)8-24-16(21)12-9-26-15(18-12)13-5-2-6-25-13/h1-7,9H,8H2,(H,17,20). The van der Waals surface area contributed by atoms with Crippen LogP contribution in [0.5, 0.6) is 0 Å². The monoisotopic (exact) mass is 389 g/mol. The lowest BCUT2D eigenvalue weighted by atomic mass is 10.3. The van der Waals surface area contributed by atoms with Crippen LogP contribution in [0.1, 0.15) is 10.5 Å². The molecule has 8 nitrogen and oxygen atoms in total. The van der Waals surface area contributed by atoms with E-state index in [1.54, 1.807) is 5.38 Å². The molecule has 0 aliphatic heterocycles. The Balaban J connectivity index is 1.55. The summed E-state index contributed by atoms with van der Waals surface area (Å²) < 4.78 is 4.93. The average Bonchev–Trinajstić information content (AvgIpc) is 3.31. The van der Waals surface area contributed by atoms with Gasteiger partial charge in [-0.1, -0.05) is 12.1 Å². The van der Waals surface area contributed by atoms with Crippen LogP contribution in [0.3, 0.4) is 0 Å². The Morgan fingerprint density at radius 1 is 1.23 bits per heavy atom. The van der Waals surface area contributed by atoms with Crippen LogP contribution >= 0.6 is 22.7 Å². The molecule has 0 spiro atoms. The lowest BCUT2D eigenvalue weighted by Crippen LogP contribution is -2.21. The maximum Gasteiger partial charge on any atom is 0.358 e. The van der Waals surface area contributed by atoms with Crippen molar-refractivity contribution in [3.8, 4) is 9.88 Å². The second kappa shape index (κ2) is 7.85. The minimum Gasteiger partial charge on any atom is -0.451 e. The van der Waals surface area contributed by atoms with Crippen molar-refractivity contribution in [2.24, 2.45) is 0 Å². The highest BCUT2D eigenvalue weighted by Gasteiger charge is 2.16. The van der Waals surface area contributed by atoms with Gasteiger partial charge in [0.25, 0.3) is 11.6 Å². The highest BCUT2D eigenvalue weighted by Crippen LogP contribution is 2.27. The number of non-ortho nitro benzene ring substituents is 1. The van der Waals surface area contributed by atoms with Gasteiger partial charge in [-0.05, 0) is 17.5 Å². The molecule has 1 N–H and O–H groups in total. The molecule has 0 saturated carbocycles. The van der Waals surface area contributed by atoms with Gasteiger partial charge in [0, 0.05) is 23.2 Å². The molecule has 132 valence electrons. The molecule has 26 heavy (non-hydrogen) atoms. The number of thiazole rings is 1. The van der Waals surface area contributed by atoms with E-state index >= 15 is 0 Å². The van der Waals surface area contributed by atoms with Crippen LogP contribution in [0.15, 0.2) is 47.2 Å². The number of benzene rings is 1. The predicted octanol–water partition coefficient (Wildman–Crippen LogP) is 3.58. The van der Waals surface area contributed by atoms with Crippen LogP contribution in [0.4, 0.5) is 11.4 Å². The van der Waals surface area contributed by atoms with E-state index in [0.29, 0.717) is 5.01 Å². The van der Waals surface area contributed by atoms with Crippen LogP contribution in [0.2, 0.25) is 0 Å². The van der Waals surface area contributed by atoms with E-state index in [1.165, 1.54) is 46.9 Å². The molecule has 0 unspecified atom stereocenters. The Morgan fingerprint density at radius 2 is 2.08 bits per heavy atom. The van der Waals surface area contributed by atoms with Gasteiger partial charge in [0.1, 0.15) is 5.01 Å². The molecule has 0 radical (unpaired) electrons. The highest BCUT2D eigenvalue weighted by molar-refractivity contribution is 7.20. The van der Waals surface area contributed by atoms with Crippen LogP contribution in [-0.2, 0) is 9.53 Å². The van der Waals surface area contributed by atoms with E-state index in [9.17, 15) is 19.7 Å². The van der Waals surface area contributed by atoms with Crippen molar-refractivity contribution in [2.75, 3.05) is 11.9 Å². The van der Waals surface area contributed by atoms with Gasteiger partial charge in [0.05, 0.1) is 9.80 Å². The normalized spacial score (nSPS) is 10.3. The molecule has 10 heteroatoms. The van der Waals surface area contributed by atoms with Crippen molar-refractivity contribution >= 4 is 45.9 Å². The summed E-state index contributed by atoms with van der Waals surface area (Å²) >= 11 is 2.82. The molecule has 0 atom stereocenters. The van der Waals surface area contributed by atoms with Gasteiger partial charge in [0.15, 0.2) is 12.3 Å². The number of nitro benzene ring substituents is 1. The molecule has 2 aromatic heterocycles. The lowest BCUT2D eigenvalue weighted by molar-refractivity contribution is -0.384. The van der Waals surface area contributed by atoms with Gasteiger partial charge < -0.3 is 10.1 Å². The quantitative estimate of drug-likeness (QED) is 0.392. The summed E-state index contributed by atoms with van der Waals surface area (Å²) in [4.78, 5) is 39.1. The Kier molecular flexibility index (Phi) is 5.34. The van der Waals surface area contributed by atoms with Crippen molar-refractivity contribution in [3.05, 3.63) is 63.0 Å². The number of nitro groups is 1. The summed E-state index contributed by atoms with van der Waals surface area (Å²) in [6.07, 6.45) is 0. The minimum absolute atomic E-state index is 0.126. The molecule has 3 aromatic rings. The number of nitrogens with zero attached hydrogens (tertiary/aromatic N) is 2. The maximum absolute atomic E-state index is 12.0. The van der Waals surface area contributed by atoms with Crippen molar-refractivity contribution in [1.82, 2.24) is 4.98 Å². The Morgan fingerprint density at radius 3 is 2.81 bits per heavy atom. The number of nitrogens with one attached hydrogen (secondary N) is 1. The molecular formula is C16H11N3O5S2. The molecule has 3 rings (SSSR count). The lowest BCUT2D eigenvalue weighted by Gasteiger charge is -2.05. The maximum atomic E-state index is 12.0. The third-order valence-electron chi connectivity index (χ3n) is 3.12. The van der Waals surface area contributed by atoms with E-state index in [1.807, 2.05) is 17.5 Å². The number of amides is 1. The number of esters is 1. The van der Waals surface area contributed by atoms with Crippen LogP contribution in [0, 0.1) is 10.1 Å². The number of carbonyl (C=O) groups excluding carboxylic acids is 2. The van der Waals surface area contributed by atoms with Gasteiger partial charge >= 0.3 is 5.97 Å². The number of hydrogen-bond acceptors (Lipinski definition) is 8.